The van der Waals surface area contributed by atoms with Crippen molar-refractivity contribution >= 4 is 21.8 Å². The fourth-order valence-electron chi connectivity index (χ4n) is 2.89. The van der Waals surface area contributed by atoms with Crippen molar-refractivity contribution in [3.63, 3.8) is 0 Å². The minimum absolute atomic E-state index is 0.250. The molecule has 5 nitrogen and oxygen atoms in total. The van der Waals surface area contributed by atoms with E-state index in [1.54, 1.807) is 30.6 Å². The van der Waals surface area contributed by atoms with Gasteiger partial charge in [0.25, 0.3) is 12.0 Å². The van der Waals surface area contributed by atoms with Crippen LogP contribution in [-0.2, 0) is 7.05 Å². The molecule has 0 radical (unpaired) electrons. The summed E-state index contributed by atoms with van der Waals surface area (Å²) in [5, 5.41) is 1.28. The number of hydrogen-bond acceptors (Lipinski definition) is 3. The minimum atomic E-state index is -2.81. The van der Waals surface area contributed by atoms with Gasteiger partial charge in [-0.3, -0.25) is 9.78 Å². The molecule has 120 valence electrons. The van der Waals surface area contributed by atoms with Crippen LogP contribution in [0.5, 0.6) is 0 Å². The summed E-state index contributed by atoms with van der Waals surface area (Å²) in [6.45, 7) is 0. The van der Waals surface area contributed by atoms with E-state index in [0.717, 1.165) is 22.0 Å². The van der Waals surface area contributed by atoms with E-state index in [9.17, 15) is 13.6 Å². The maximum absolute atomic E-state index is 12.8. The highest BCUT2D eigenvalue weighted by molar-refractivity contribution is 5.97. The van der Waals surface area contributed by atoms with E-state index in [4.69, 9.17) is 0 Å². The number of pyridine rings is 1. The fraction of sp³-hybridized carbons (Fsp3) is 0.118. The molecule has 4 rings (SSSR count). The fourth-order valence-corrected chi connectivity index (χ4v) is 2.89. The number of nitrogens with zero attached hydrogens (tertiary/aromatic N) is 3. The van der Waals surface area contributed by atoms with Crippen molar-refractivity contribution < 1.29 is 8.78 Å². The van der Waals surface area contributed by atoms with Gasteiger partial charge in [-0.1, -0.05) is 6.07 Å². The molecule has 0 amide bonds. The molecule has 0 bridgehead atoms. The first-order valence-corrected chi connectivity index (χ1v) is 7.26. The lowest BCUT2D eigenvalue weighted by molar-refractivity contribution is 0.140. The van der Waals surface area contributed by atoms with Crippen LogP contribution in [0, 0.1) is 0 Å². The first-order chi connectivity index (χ1) is 11.5. The minimum Gasteiger partial charge on any atom is -0.349 e. The number of aryl methyl sites for hydroxylation is 1. The van der Waals surface area contributed by atoms with Crippen LogP contribution < -0.4 is 5.56 Å². The van der Waals surface area contributed by atoms with E-state index in [2.05, 4.69) is 15.0 Å². The average molecular weight is 326 g/mol. The Kier molecular flexibility index (Phi) is 3.16. The predicted octanol–water partition coefficient (Wildman–Crippen LogP) is 3.41. The Hall–Kier alpha value is -3.09. The van der Waals surface area contributed by atoms with Crippen molar-refractivity contribution in [2.75, 3.05) is 0 Å². The number of benzene rings is 1. The molecule has 1 aromatic carbocycles. The molecule has 4 aromatic rings. The van der Waals surface area contributed by atoms with Gasteiger partial charge in [-0.25, -0.2) is 13.8 Å². The molecule has 7 heteroatoms. The SMILES string of the molecule is Cn1cc(-c2ccc3nc(C(F)F)[nH]c(=O)c3c2)c2ccncc21. The van der Waals surface area contributed by atoms with Crippen molar-refractivity contribution in [2.24, 2.45) is 7.05 Å². The Morgan fingerprint density at radius 3 is 2.83 bits per heavy atom. The summed E-state index contributed by atoms with van der Waals surface area (Å²) in [5.41, 5.74) is 2.40. The van der Waals surface area contributed by atoms with Crippen LogP contribution >= 0.6 is 0 Å². The van der Waals surface area contributed by atoms with E-state index in [1.165, 1.54) is 0 Å². The van der Waals surface area contributed by atoms with Crippen molar-refractivity contribution in [3.05, 3.63) is 59.0 Å². The van der Waals surface area contributed by atoms with Gasteiger partial charge in [0.1, 0.15) is 0 Å². The summed E-state index contributed by atoms with van der Waals surface area (Å²) in [4.78, 5) is 22.2. The third-order valence-corrected chi connectivity index (χ3v) is 4.03. The van der Waals surface area contributed by atoms with E-state index in [0.29, 0.717) is 0 Å². The van der Waals surface area contributed by atoms with Gasteiger partial charge in [0, 0.05) is 30.4 Å². The first kappa shape index (κ1) is 14.5. The van der Waals surface area contributed by atoms with Crippen molar-refractivity contribution in [3.8, 4) is 11.1 Å². The summed E-state index contributed by atoms with van der Waals surface area (Å²) in [7, 11) is 1.91. The van der Waals surface area contributed by atoms with Gasteiger partial charge in [-0.2, -0.15) is 0 Å². The molecule has 0 spiro atoms. The van der Waals surface area contributed by atoms with Gasteiger partial charge in [0.15, 0.2) is 5.82 Å². The van der Waals surface area contributed by atoms with Crippen LogP contribution in [-0.4, -0.2) is 19.5 Å². The Labute approximate surface area is 134 Å². The second-order valence-electron chi connectivity index (χ2n) is 5.53. The Bertz CT molecular complexity index is 1130. The van der Waals surface area contributed by atoms with Crippen molar-refractivity contribution in [2.45, 2.75) is 6.43 Å². The van der Waals surface area contributed by atoms with Crippen LogP contribution in [0.3, 0.4) is 0 Å². The highest BCUT2D eigenvalue weighted by Crippen LogP contribution is 2.30. The second-order valence-corrected chi connectivity index (χ2v) is 5.53. The molecule has 0 fully saturated rings. The number of alkyl halides is 2. The lowest BCUT2D eigenvalue weighted by Gasteiger charge is -2.04. The zero-order valence-electron chi connectivity index (χ0n) is 12.6. The van der Waals surface area contributed by atoms with Crippen LogP contribution in [0.25, 0.3) is 32.9 Å². The number of fused-ring (bicyclic) bond motifs is 2. The van der Waals surface area contributed by atoms with Crippen molar-refractivity contribution in [1.82, 2.24) is 19.5 Å². The second kappa shape index (κ2) is 5.23. The summed E-state index contributed by atoms with van der Waals surface area (Å²) >= 11 is 0. The van der Waals surface area contributed by atoms with Gasteiger partial charge >= 0.3 is 0 Å². The molecule has 0 saturated carbocycles. The van der Waals surface area contributed by atoms with Crippen LogP contribution in [0.4, 0.5) is 8.78 Å². The molecule has 0 aliphatic carbocycles. The van der Waals surface area contributed by atoms with E-state index in [1.807, 2.05) is 23.9 Å². The molecular formula is C17H12F2N4O. The van der Waals surface area contributed by atoms with E-state index >= 15 is 0 Å². The predicted molar refractivity (Wildman–Crippen MR) is 87.0 cm³/mol. The largest absolute Gasteiger partial charge is 0.349 e. The Balaban J connectivity index is 1.96. The van der Waals surface area contributed by atoms with Gasteiger partial charge in [-0.15, -0.1) is 0 Å². The number of H-pyrrole nitrogens is 1. The van der Waals surface area contributed by atoms with Crippen molar-refractivity contribution in [1.29, 1.82) is 0 Å². The number of rotatable bonds is 2. The molecule has 3 heterocycles. The summed E-state index contributed by atoms with van der Waals surface area (Å²) < 4.78 is 27.5. The Morgan fingerprint density at radius 2 is 2.04 bits per heavy atom. The maximum atomic E-state index is 12.8. The van der Waals surface area contributed by atoms with E-state index < -0.39 is 17.8 Å². The lowest BCUT2D eigenvalue weighted by atomic mass is 10.0. The summed E-state index contributed by atoms with van der Waals surface area (Å²) in [6, 6.07) is 6.94. The van der Waals surface area contributed by atoms with Crippen LogP contribution in [0.15, 0.2) is 47.7 Å². The smallest absolute Gasteiger partial charge is 0.295 e. The highest BCUT2D eigenvalue weighted by Gasteiger charge is 2.14. The summed E-state index contributed by atoms with van der Waals surface area (Å²) in [6.07, 6.45) is 2.61. The third kappa shape index (κ3) is 2.17. The Morgan fingerprint density at radius 1 is 1.21 bits per heavy atom. The van der Waals surface area contributed by atoms with E-state index in [-0.39, 0.29) is 10.9 Å². The number of halogens is 2. The number of aromatic amines is 1. The highest BCUT2D eigenvalue weighted by atomic mass is 19.3. The maximum Gasteiger partial charge on any atom is 0.295 e. The van der Waals surface area contributed by atoms with Gasteiger partial charge in [-0.05, 0) is 23.8 Å². The molecule has 0 saturated heterocycles. The molecule has 0 atom stereocenters. The molecule has 3 aromatic heterocycles. The zero-order valence-corrected chi connectivity index (χ0v) is 12.6. The topological polar surface area (TPSA) is 63.6 Å². The van der Waals surface area contributed by atoms with Gasteiger partial charge < -0.3 is 9.55 Å². The first-order valence-electron chi connectivity index (χ1n) is 7.26. The zero-order chi connectivity index (χ0) is 16.8. The van der Waals surface area contributed by atoms with Crippen LogP contribution in [0.1, 0.15) is 12.2 Å². The molecule has 0 aliphatic heterocycles. The summed E-state index contributed by atoms with van der Waals surface area (Å²) in [5.74, 6) is -0.614. The average Bonchev–Trinajstić information content (AvgIpc) is 2.92. The molecule has 1 N–H and O–H groups in total. The molecule has 0 aliphatic rings. The molecule has 0 unspecified atom stereocenters. The van der Waals surface area contributed by atoms with Gasteiger partial charge in [0.2, 0.25) is 0 Å². The van der Waals surface area contributed by atoms with Gasteiger partial charge in [0.05, 0.1) is 22.6 Å². The normalized spacial score (nSPS) is 11.7. The molecular weight excluding hydrogens is 314 g/mol. The lowest BCUT2D eigenvalue weighted by Crippen LogP contribution is -2.12. The van der Waals surface area contributed by atoms with Crippen LogP contribution in [0.2, 0.25) is 0 Å². The standard InChI is InChI=1S/C17H12F2N4O/c1-23-8-12(10-4-5-20-7-14(10)23)9-2-3-13-11(6-9)17(24)22-16(21-13)15(18)19/h2-8,15H,1H3,(H,21,22,24). The number of aromatic nitrogens is 4. The quantitative estimate of drug-likeness (QED) is 0.614. The number of nitrogens with one attached hydrogen (secondary N) is 1. The molecule has 24 heavy (non-hydrogen) atoms. The monoisotopic (exact) mass is 326 g/mol. The third-order valence-electron chi connectivity index (χ3n) is 4.03. The number of hydrogen-bond donors (Lipinski definition) is 1.